The fourth-order valence-corrected chi connectivity index (χ4v) is 7.61. The van der Waals surface area contributed by atoms with Crippen LogP contribution < -0.4 is 10.6 Å². The number of amides is 3. The fourth-order valence-electron chi connectivity index (χ4n) is 7.61. The molecule has 8 heteroatoms. The van der Waals surface area contributed by atoms with Gasteiger partial charge in [-0.2, -0.15) is 0 Å². The van der Waals surface area contributed by atoms with Crippen molar-refractivity contribution < 1.29 is 24.2 Å². The molecule has 2 bridgehead atoms. The summed E-state index contributed by atoms with van der Waals surface area (Å²) >= 11 is 0. The topological polar surface area (TPSA) is 108 Å². The summed E-state index contributed by atoms with van der Waals surface area (Å²) < 4.78 is 6.74. The second-order valence-corrected chi connectivity index (χ2v) is 12.4. The van der Waals surface area contributed by atoms with Crippen molar-refractivity contribution in [3.05, 3.63) is 78.4 Å². The zero-order chi connectivity index (χ0) is 29.6. The van der Waals surface area contributed by atoms with Crippen molar-refractivity contribution in [2.45, 2.75) is 69.9 Å². The van der Waals surface area contributed by atoms with Crippen LogP contribution in [-0.2, 0) is 25.7 Å². The summed E-state index contributed by atoms with van der Waals surface area (Å²) in [6.45, 7) is 5.91. The number of rotatable bonds is 9. The third kappa shape index (κ3) is 4.48. The average Bonchev–Trinajstić information content (AvgIpc) is 3.57. The Bertz CT molecular complexity index is 1510. The molecule has 0 aliphatic carbocycles. The lowest BCUT2D eigenvalue weighted by Gasteiger charge is -2.39. The summed E-state index contributed by atoms with van der Waals surface area (Å²) in [5.74, 6) is -2.55. The number of aliphatic hydroxyl groups excluding tert-OH is 1. The first-order chi connectivity index (χ1) is 20.2. The molecule has 6 rings (SSSR count). The van der Waals surface area contributed by atoms with Gasteiger partial charge >= 0.3 is 0 Å². The number of ether oxygens (including phenoxy) is 1. The van der Waals surface area contributed by atoms with Crippen LogP contribution in [0, 0.1) is 17.8 Å². The number of nitrogens with zero attached hydrogens (tertiary/aromatic N) is 1. The molecule has 3 heterocycles. The Morgan fingerprint density at radius 3 is 2.45 bits per heavy atom. The number of hydrogen-bond donors (Lipinski definition) is 3. The Balaban J connectivity index is 1.36. The number of carbonyl (C=O) groups excluding carboxylic acids is 3. The van der Waals surface area contributed by atoms with Gasteiger partial charge in [0.25, 0.3) is 0 Å². The van der Waals surface area contributed by atoms with Gasteiger partial charge in [-0.3, -0.25) is 14.4 Å². The quantitative estimate of drug-likeness (QED) is 0.357. The molecule has 3 fully saturated rings. The van der Waals surface area contributed by atoms with Crippen LogP contribution >= 0.6 is 0 Å². The summed E-state index contributed by atoms with van der Waals surface area (Å²) in [5.41, 5.74) is -0.466. The highest BCUT2D eigenvalue weighted by Gasteiger charge is 2.78. The second kappa shape index (κ2) is 10.8. The van der Waals surface area contributed by atoms with Crippen molar-refractivity contribution >= 4 is 34.2 Å². The molecular formula is C34H39N3O5. The summed E-state index contributed by atoms with van der Waals surface area (Å²) in [6, 6.07) is 21.7. The molecule has 220 valence electrons. The van der Waals surface area contributed by atoms with Crippen molar-refractivity contribution in [1.29, 1.82) is 0 Å². The van der Waals surface area contributed by atoms with Crippen LogP contribution in [0.15, 0.2) is 72.8 Å². The Hall–Kier alpha value is -3.75. The van der Waals surface area contributed by atoms with E-state index in [2.05, 4.69) is 10.6 Å². The van der Waals surface area contributed by atoms with E-state index in [4.69, 9.17) is 4.74 Å². The number of nitrogens with one attached hydrogen (secondary N) is 2. The van der Waals surface area contributed by atoms with Crippen LogP contribution in [0.2, 0.25) is 0 Å². The number of hydrogen-bond acceptors (Lipinski definition) is 5. The largest absolute Gasteiger partial charge is 0.394 e. The number of likely N-dealkylation sites (tertiary alicyclic amines) is 1. The van der Waals surface area contributed by atoms with E-state index in [0.29, 0.717) is 31.5 Å². The van der Waals surface area contributed by atoms with Gasteiger partial charge in [-0.1, -0.05) is 80.9 Å². The number of aliphatic hydroxyl groups is 1. The van der Waals surface area contributed by atoms with Gasteiger partial charge in [0, 0.05) is 12.2 Å². The molecule has 0 radical (unpaired) electrons. The molecular weight excluding hydrogens is 530 g/mol. The van der Waals surface area contributed by atoms with Gasteiger partial charge in [-0.25, -0.2) is 0 Å². The second-order valence-electron chi connectivity index (χ2n) is 12.4. The smallest absolute Gasteiger partial charge is 0.250 e. The SMILES string of the molecule is CC[C@H](C)[C@H](CO)N1C(=O)[C@@H]2[C@H](C(=O)NCc3ccccc3)[C@]3(C)CCC2(O3)C1C(=O)Nc1ccc2ccccc2c1. The van der Waals surface area contributed by atoms with E-state index in [1.807, 2.05) is 93.6 Å². The lowest BCUT2D eigenvalue weighted by molar-refractivity contribution is -0.149. The molecule has 3 saturated heterocycles. The Labute approximate surface area is 246 Å². The van der Waals surface area contributed by atoms with E-state index in [9.17, 15) is 19.5 Å². The zero-order valence-electron chi connectivity index (χ0n) is 24.4. The maximum absolute atomic E-state index is 14.4. The van der Waals surface area contributed by atoms with Gasteiger partial charge in [0.15, 0.2) is 0 Å². The van der Waals surface area contributed by atoms with E-state index < -0.39 is 35.1 Å². The monoisotopic (exact) mass is 569 g/mol. The van der Waals surface area contributed by atoms with Gasteiger partial charge in [0.05, 0.1) is 30.1 Å². The molecule has 42 heavy (non-hydrogen) atoms. The average molecular weight is 570 g/mol. The van der Waals surface area contributed by atoms with Crippen LogP contribution in [0.4, 0.5) is 5.69 Å². The Morgan fingerprint density at radius 1 is 1.02 bits per heavy atom. The molecule has 3 aliphatic rings. The maximum Gasteiger partial charge on any atom is 0.250 e. The molecule has 3 N–H and O–H groups in total. The van der Waals surface area contributed by atoms with Crippen molar-refractivity contribution in [1.82, 2.24) is 10.2 Å². The van der Waals surface area contributed by atoms with Gasteiger partial charge < -0.3 is 25.4 Å². The van der Waals surface area contributed by atoms with Crippen LogP contribution in [0.3, 0.4) is 0 Å². The number of carbonyl (C=O) groups is 3. The van der Waals surface area contributed by atoms with Crippen molar-refractivity contribution in [2.75, 3.05) is 11.9 Å². The van der Waals surface area contributed by atoms with Crippen molar-refractivity contribution in [3.8, 4) is 0 Å². The molecule has 8 nitrogen and oxygen atoms in total. The predicted molar refractivity (Wildman–Crippen MR) is 160 cm³/mol. The molecule has 2 unspecified atom stereocenters. The highest BCUT2D eigenvalue weighted by Crippen LogP contribution is 2.63. The van der Waals surface area contributed by atoms with Crippen LogP contribution in [-0.4, -0.2) is 57.6 Å². The van der Waals surface area contributed by atoms with Crippen molar-refractivity contribution in [2.24, 2.45) is 17.8 Å². The van der Waals surface area contributed by atoms with E-state index in [-0.39, 0.29) is 30.2 Å². The standard InChI is InChI=1S/C34H39N3O5/c1-4-21(2)26(20-38)37-29(31(40)36-25-15-14-23-12-8-9-13-24(23)18-25)34-17-16-33(3,42-34)27(28(34)32(37)41)30(39)35-19-22-10-6-5-7-11-22/h5-15,18,21,26-29,38H,4,16-17,19-20H2,1-3H3,(H,35,39)(H,36,40)/t21-,26-,27+,28-,29?,33-,34?/m0/s1. The first-order valence-corrected chi connectivity index (χ1v) is 15.0. The van der Waals surface area contributed by atoms with Gasteiger partial charge in [0.2, 0.25) is 17.7 Å². The molecule has 3 aromatic carbocycles. The first kappa shape index (κ1) is 28.4. The molecule has 1 spiro atoms. The number of anilines is 1. The van der Waals surface area contributed by atoms with E-state index in [0.717, 1.165) is 16.3 Å². The summed E-state index contributed by atoms with van der Waals surface area (Å²) in [5, 5.41) is 18.7. The minimum Gasteiger partial charge on any atom is -0.394 e. The minimum atomic E-state index is -1.16. The Morgan fingerprint density at radius 2 is 1.74 bits per heavy atom. The summed E-state index contributed by atoms with van der Waals surface area (Å²) in [7, 11) is 0. The van der Waals surface area contributed by atoms with E-state index in [1.165, 1.54) is 0 Å². The molecule has 0 aromatic heterocycles. The molecule has 3 aliphatic heterocycles. The predicted octanol–water partition coefficient (Wildman–Crippen LogP) is 4.27. The summed E-state index contributed by atoms with van der Waals surface area (Å²) in [6.07, 6.45) is 1.75. The highest BCUT2D eigenvalue weighted by molar-refractivity contribution is 6.04. The lowest BCUT2D eigenvalue weighted by atomic mass is 9.66. The molecule has 3 amide bonds. The van der Waals surface area contributed by atoms with Crippen molar-refractivity contribution in [3.63, 3.8) is 0 Å². The molecule has 7 atom stereocenters. The third-order valence-electron chi connectivity index (χ3n) is 9.92. The maximum atomic E-state index is 14.4. The number of benzene rings is 3. The minimum absolute atomic E-state index is 0.0664. The van der Waals surface area contributed by atoms with Crippen LogP contribution in [0.25, 0.3) is 10.8 Å². The molecule has 0 saturated carbocycles. The third-order valence-corrected chi connectivity index (χ3v) is 9.92. The lowest BCUT2D eigenvalue weighted by Crippen LogP contribution is -2.57. The van der Waals surface area contributed by atoms with Crippen LogP contribution in [0.1, 0.15) is 45.6 Å². The van der Waals surface area contributed by atoms with Crippen LogP contribution in [0.5, 0.6) is 0 Å². The highest BCUT2D eigenvalue weighted by atomic mass is 16.5. The van der Waals surface area contributed by atoms with Gasteiger partial charge in [-0.05, 0) is 54.2 Å². The van der Waals surface area contributed by atoms with Gasteiger partial charge in [0.1, 0.15) is 11.6 Å². The number of fused-ring (bicyclic) bond motifs is 2. The fraction of sp³-hybridized carbons (Fsp3) is 0.441. The first-order valence-electron chi connectivity index (χ1n) is 15.0. The van der Waals surface area contributed by atoms with Gasteiger partial charge in [-0.15, -0.1) is 0 Å². The Kier molecular flexibility index (Phi) is 7.31. The zero-order valence-corrected chi connectivity index (χ0v) is 24.4. The normalized spacial score (nSPS) is 29.4. The van der Waals surface area contributed by atoms with E-state index in [1.54, 1.807) is 4.90 Å². The summed E-state index contributed by atoms with van der Waals surface area (Å²) in [4.78, 5) is 44.1. The molecule has 3 aromatic rings. The van der Waals surface area contributed by atoms with E-state index >= 15 is 0 Å².